The molecule has 4 rings (SSSR count). The molecule has 0 radical (unpaired) electrons. The van der Waals surface area contributed by atoms with Gasteiger partial charge >= 0.3 is 0 Å². The Bertz CT molecular complexity index is 852. The van der Waals surface area contributed by atoms with Crippen LogP contribution in [0.3, 0.4) is 0 Å². The molecule has 6 nitrogen and oxygen atoms in total. The van der Waals surface area contributed by atoms with E-state index in [1.807, 2.05) is 31.2 Å². The van der Waals surface area contributed by atoms with E-state index in [1.165, 1.54) is 5.56 Å². The molecule has 1 unspecified atom stereocenters. The Labute approximate surface area is 145 Å². The summed E-state index contributed by atoms with van der Waals surface area (Å²) in [6.45, 7) is 3.56. The first-order chi connectivity index (χ1) is 12.2. The summed E-state index contributed by atoms with van der Waals surface area (Å²) in [7, 11) is 0. The third-order valence-corrected chi connectivity index (χ3v) is 4.30. The van der Waals surface area contributed by atoms with Crippen LogP contribution in [0.2, 0.25) is 0 Å². The molecule has 1 atom stereocenters. The van der Waals surface area contributed by atoms with Gasteiger partial charge in [-0.05, 0) is 24.6 Å². The van der Waals surface area contributed by atoms with Crippen molar-refractivity contribution in [2.75, 3.05) is 19.7 Å². The van der Waals surface area contributed by atoms with Gasteiger partial charge in [-0.25, -0.2) is 0 Å². The quantitative estimate of drug-likeness (QED) is 0.731. The molecule has 0 bridgehead atoms. The average molecular weight is 338 g/mol. The van der Waals surface area contributed by atoms with Crippen molar-refractivity contribution in [3.05, 3.63) is 65.5 Å². The van der Waals surface area contributed by atoms with Gasteiger partial charge in [-0.1, -0.05) is 35.0 Å². The van der Waals surface area contributed by atoms with Gasteiger partial charge in [0.05, 0.1) is 19.4 Å². The second-order valence-electron chi connectivity index (χ2n) is 6.07. The van der Waals surface area contributed by atoms with Crippen molar-refractivity contribution in [2.24, 2.45) is 0 Å². The van der Waals surface area contributed by atoms with Gasteiger partial charge in [0.15, 0.2) is 11.5 Å². The van der Waals surface area contributed by atoms with Gasteiger partial charge in [-0.2, -0.15) is 0 Å². The summed E-state index contributed by atoms with van der Waals surface area (Å²) in [6.07, 6.45) is 1.42. The van der Waals surface area contributed by atoms with E-state index in [0.717, 1.165) is 5.56 Å². The Morgan fingerprint density at radius 1 is 1.20 bits per heavy atom. The SMILES string of the molecule is Cc1ccc(C2CN(C(=O)c3cc(-c4ccco4)on3)CCO2)cc1. The zero-order valence-corrected chi connectivity index (χ0v) is 13.8. The maximum atomic E-state index is 12.7. The lowest BCUT2D eigenvalue weighted by Crippen LogP contribution is -2.42. The lowest BCUT2D eigenvalue weighted by Gasteiger charge is -2.32. The Hall–Kier alpha value is -2.86. The Balaban J connectivity index is 1.49. The largest absolute Gasteiger partial charge is 0.461 e. The van der Waals surface area contributed by atoms with Gasteiger partial charge in [-0.15, -0.1) is 0 Å². The molecule has 2 aromatic heterocycles. The number of hydrogen-bond donors (Lipinski definition) is 0. The van der Waals surface area contributed by atoms with E-state index in [2.05, 4.69) is 5.16 Å². The van der Waals surface area contributed by atoms with Crippen molar-refractivity contribution in [1.29, 1.82) is 0 Å². The first-order valence-corrected chi connectivity index (χ1v) is 8.19. The molecule has 1 aromatic carbocycles. The number of amides is 1. The van der Waals surface area contributed by atoms with Crippen LogP contribution < -0.4 is 0 Å². The first-order valence-electron chi connectivity index (χ1n) is 8.19. The summed E-state index contributed by atoms with van der Waals surface area (Å²) < 4.78 is 16.3. The number of morpholine rings is 1. The molecular formula is C19H18N2O4. The lowest BCUT2D eigenvalue weighted by molar-refractivity contribution is -0.0231. The van der Waals surface area contributed by atoms with Crippen LogP contribution in [-0.4, -0.2) is 35.7 Å². The van der Waals surface area contributed by atoms with Crippen molar-refractivity contribution >= 4 is 5.91 Å². The molecule has 0 saturated carbocycles. The van der Waals surface area contributed by atoms with Crippen LogP contribution in [0.1, 0.15) is 27.7 Å². The van der Waals surface area contributed by atoms with Gasteiger partial charge in [0.1, 0.15) is 6.10 Å². The fourth-order valence-electron chi connectivity index (χ4n) is 2.89. The maximum Gasteiger partial charge on any atom is 0.276 e. The van der Waals surface area contributed by atoms with Gasteiger partial charge in [0.25, 0.3) is 5.91 Å². The molecule has 1 fully saturated rings. The van der Waals surface area contributed by atoms with Crippen LogP contribution in [0, 0.1) is 6.92 Å². The van der Waals surface area contributed by atoms with Crippen LogP contribution in [0.25, 0.3) is 11.5 Å². The number of rotatable bonds is 3. The third kappa shape index (κ3) is 3.21. The lowest BCUT2D eigenvalue weighted by atomic mass is 10.1. The van der Waals surface area contributed by atoms with E-state index < -0.39 is 0 Å². The zero-order chi connectivity index (χ0) is 17.2. The van der Waals surface area contributed by atoms with Crippen LogP contribution in [0.5, 0.6) is 0 Å². The number of ether oxygens (including phenoxy) is 1. The van der Waals surface area contributed by atoms with Crippen LogP contribution in [-0.2, 0) is 4.74 Å². The standard InChI is InChI=1S/C19H18N2O4/c1-13-4-6-14(7-5-13)18-12-21(8-10-24-18)19(22)15-11-17(25-20-15)16-3-2-9-23-16/h2-7,9,11,18H,8,10,12H2,1H3. The molecule has 1 amide bonds. The summed E-state index contributed by atoms with van der Waals surface area (Å²) >= 11 is 0. The van der Waals surface area contributed by atoms with Gasteiger partial charge in [-0.3, -0.25) is 4.79 Å². The minimum Gasteiger partial charge on any atom is -0.461 e. The molecule has 1 aliphatic heterocycles. The van der Waals surface area contributed by atoms with Crippen LogP contribution in [0.15, 0.2) is 57.7 Å². The molecule has 128 valence electrons. The highest BCUT2D eigenvalue weighted by Gasteiger charge is 2.28. The first kappa shape index (κ1) is 15.7. The summed E-state index contributed by atoms with van der Waals surface area (Å²) in [4.78, 5) is 14.5. The summed E-state index contributed by atoms with van der Waals surface area (Å²) in [5, 5.41) is 3.89. The highest BCUT2D eigenvalue weighted by atomic mass is 16.5. The van der Waals surface area contributed by atoms with Crippen molar-refractivity contribution in [1.82, 2.24) is 10.1 Å². The normalized spacial score (nSPS) is 17.6. The predicted octanol–water partition coefficient (Wildman–Crippen LogP) is 3.46. The Morgan fingerprint density at radius 3 is 2.80 bits per heavy atom. The van der Waals surface area contributed by atoms with E-state index in [0.29, 0.717) is 31.2 Å². The van der Waals surface area contributed by atoms with Gasteiger partial charge < -0.3 is 18.6 Å². The van der Waals surface area contributed by atoms with Crippen LogP contribution >= 0.6 is 0 Å². The molecule has 1 saturated heterocycles. The van der Waals surface area contributed by atoms with E-state index in [1.54, 1.807) is 29.4 Å². The molecule has 3 aromatic rings. The number of aromatic nitrogens is 1. The van der Waals surface area contributed by atoms with E-state index in [-0.39, 0.29) is 17.7 Å². The molecule has 6 heteroatoms. The summed E-state index contributed by atoms with van der Waals surface area (Å²) in [5.74, 6) is 0.824. The van der Waals surface area contributed by atoms with Crippen molar-refractivity contribution in [3.63, 3.8) is 0 Å². The highest BCUT2D eigenvalue weighted by Crippen LogP contribution is 2.25. The second-order valence-corrected chi connectivity index (χ2v) is 6.07. The number of aryl methyl sites for hydroxylation is 1. The number of carbonyl (C=O) groups excluding carboxylic acids is 1. The molecule has 0 aliphatic carbocycles. The molecule has 0 N–H and O–H groups in total. The topological polar surface area (TPSA) is 68.7 Å². The zero-order valence-electron chi connectivity index (χ0n) is 13.8. The summed E-state index contributed by atoms with van der Waals surface area (Å²) in [5.41, 5.74) is 2.54. The van der Waals surface area contributed by atoms with Crippen molar-refractivity contribution in [2.45, 2.75) is 13.0 Å². The Morgan fingerprint density at radius 2 is 2.04 bits per heavy atom. The number of carbonyl (C=O) groups is 1. The number of furan rings is 1. The third-order valence-electron chi connectivity index (χ3n) is 4.30. The molecule has 25 heavy (non-hydrogen) atoms. The van der Waals surface area contributed by atoms with Gasteiger partial charge in [0, 0.05) is 12.6 Å². The van der Waals surface area contributed by atoms with Gasteiger partial charge in [0.2, 0.25) is 5.76 Å². The second kappa shape index (κ2) is 6.57. The van der Waals surface area contributed by atoms with E-state index in [9.17, 15) is 4.79 Å². The molecular weight excluding hydrogens is 320 g/mol. The number of hydrogen-bond acceptors (Lipinski definition) is 5. The minimum absolute atomic E-state index is 0.130. The maximum absolute atomic E-state index is 12.7. The average Bonchev–Trinajstić information content (AvgIpc) is 3.33. The smallest absolute Gasteiger partial charge is 0.276 e. The molecule has 0 spiro atoms. The highest BCUT2D eigenvalue weighted by molar-refractivity contribution is 5.93. The van der Waals surface area contributed by atoms with Crippen molar-refractivity contribution in [3.8, 4) is 11.5 Å². The molecule has 3 heterocycles. The number of benzene rings is 1. The van der Waals surface area contributed by atoms with Crippen LogP contribution in [0.4, 0.5) is 0 Å². The fraction of sp³-hybridized carbons (Fsp3) is 0.263. The monoisotopic (exact) mass is 338 g/mol. The number of nitrogens with zero attached hydrogens (tertiary/aromatic N) is 2. The predicted molar refractivity (Wildman–Crippen MR) is 90.0 cm³/mol. The Kier molecular flexibility index (Phi) is 4.11. The summed E-state index contributed by atoms with van der Waals surface area (Å²) in [6, 6.07) is 13.3. The van der Waals surface area contributed by atoms with E-state index in [4.69, 9.17) is 13.7 Å². The fourth-order valence-corrected chi connectivity index (χ4v) is 2.89. The van der Waals surface area contributed by atoms with E-state index >= 15 is 0 Å². The molecule has 1 aliphatic rings. The van der Waals surface area contributed by atoms with Crippen molar-refractivity contribution < 1.29 is 18.5 Å². The minimum atomic E-state index is -0.165.